The van der Waals surface area contributed by atoms with Gasteiger partial charge in [-0.25, -0.2) is 9.78 Å². The van der Waals surface area contributed by atoms with Crippen LogP contribution in [0.15, 0.2) is 54.6 Å². The summed E-state index contributed by atoms with van der Waals surface area (Å²) < 4.78 is 48.3. The van der Waals surface area contributed by atoms with E-state index in [9.17, 15) is 22.8 Å². The molecule has 1 amide bonds. The monoisotopic (exact) mass is 445 g/mol. The van der Waals surface area contributed by atoms with E-state index < -0.39 is 23.6 Å². The van der Waals surface area contributed by atoms with E-state index in [4.69, 9.17) is 4.74 Å². The second-order valence-electron chi connectivity index (χ2n) is 6.66. The van der Waals surface area contributed by atoms with Gasteiger partial charge in [0.1, 0.15) is 0 Å². The molecule has 1 aromatic heterocycles. The van der Waals surface area contributed by atoms with Crippen molar-refractivity contribution in [3.05, 3.63) is 71.4 Å². The van der Waals surface area contributed by atoms with Gasteiger partial charge in [0.15, 0.2) is 12.4 Å². The van der Waals surface area contributed by atoms with E-state index in [1.54, 1.807) is 25.1 Å². The van der Waals surface area contributed by atoms with Crippen molar-refractivity contribution in [1.29, 1.82) is 0 Å². The molecule has 0 aliphatic carbocycles. The van der Waals surface area contributed by atoms with Gasteiger partial charge in [0, 0.05) is 23.0 Å². The van der Waals surface area contributed by atoms with Crippen molar-refractivity contribution in [2.24, 2.45) is 0 Å². The van der Waals surface area contributed by atoms with Gasteiger partial charge in [-0.3, -0.25) is 4.79 Å². The van der Waals surface area contributed by atoms with E-state index in [0.717, 1.165) is 12.1 Å². The topological polar surface area (TPSA) is 90.4 Å². The molecule has 3 aromatic rings. The van der Waals surface area contributed by atoms with Gasteiger partial charge in [0.05, 0.1) is 18.2 Å². The molecule has 0 atom stereocenters. The van der Waals surface area contributed by atoms with E-state index in [1.165, 1.54) is 31.4 Å². The van der Waals surface area contributed by atoms with Crippen LogP contribution in [0.2, 0.25) is 0 Å². The first-order chi connectivity index (χ1) is 15.2. The largest absolute Gasteiger partial charge is 0.467 e. The maximum Gasteiger partial charge on any atom is 0.416 e. The van der Waals surface area contributed by atoms with Gasteiger partial charge in [-0.05, 0) is 37.3 Å². The van der Waals surface area contributed by atoms with Crippen LogP contribution in [-0.4, -0.2) is 35.6 Å². The summed E-state index contributed by atoms with van der Waals surface area (Å²) in [6, 6.07) is 12.1. The Labute approximate surface area is 181 Å². The molecule has 0 radical (unpaired) electrons. The lowest BCUT2D eigenvalue weighted by atomic mass is 10.1. The van der Waals surface area contributed by atoms with E-state index in [0.29, 0.717) is 16.9 Å². The lowest BCUT2D eigenvalue weighted by Gasteiger charge is -2.10. The van der Waals surface area contributed by atoms with Crippen LogP contribution >= 0.6 is 0 Å². The number of carbonyl (C=O) groups is 2. The second kappa shape index (κ2) is 9.46. The van der Waals surface area contributed by atoms with Crippen LogP contribution < -0.4 is 10.1 Å². The first kappa shape index (κ1) is 22.7. The number of esters is 1. The molecular weight excluding hydrogens is 427 g/mol. The highest BCUT2D eigenvalue weighted by molar-refractivity contribution is 5.95. The molecule has 166 valence electrons. The summed E-state index contributed by atoms with van der Waals surface area (Å²) in [5, 5.41) is 2.59. The molecule has 0 saturated carbocycles. The minimum absolute atomic E-state index is 0.0888. The van der Waals surface area contributed by atoms with Crippen molar-refractivity contribution in [2.75, 3.05) is 19.0 Å². The summed E-state index contributed by atoms with van der Waals surface area (Å²) in [6.45, 7) is 1.28. The fourth-order valence-corrected chi connectivity index (χ4v) is 2.73. The third-order valence-corrected chi connectivity index (χ3v) is 4.22. The van der Waals surface area contributed by atoms with E-state index >= 15 is 0 Å². The normalized spacial score (nSPS) is 11.0. The molecule has 0 saturated heterocycles. The van der Waals surface area contributed by atoms with E-state index in [2.05, 4.69) is 20.0 Å². The van der Waals surface area contributed by atoms with Crippen molar-refractivity contribution < 1.29 is 32.2 Å². The average molecular weight is 445 g/mol. The maximum absolute atomic E-state index is 12.8. The number of alkyl halides is 3. The number of methoxy groups -OCH3 is 1. The molecule has 1 N–H and O–H groups in total. The summed E-state index contributed by atoms with van der Waals surface area (Å²) in [5.41, 5.74) is 0.759. The number of amides is 1. The molecule has 0 aliphatic heterocycles. The fourth-order valence-electron chi connectivity index (χ4n) is 2.73. The predicted octanol–water partition coefficient (Wildman–Crippen LogP) is 4.27. The number of aromatic nitrogens is 2. The van der Waals surface area contributed by atoms with Crippen LogP contribution in [0.5, 0.6) is 5.88 Å². The molecule has 1 heterocycles. The van der Waals surface area contributed by atoms with Crippen LogP contribution in [0.1, 0.15) is 21.6 Å². The van der Waals surface area contributed by atoms with Crippen molar-refractivity contribution >= 4 is 17.6 Å². The minimum atomic E-state index is -4.44. The number of nitrogens with zero attached hydrogens (tertiary/aromatic N) is 2. The highest BCUT2D eigenvalue weighted by Gasteiger charge is 2.30. The van der Waals surface area contributed by atoms with E-state index in [-0.39, 0.29) is 23.9 Å². The molecule has 0 fully saturated rings. The molecule has 3 rings (SSSR count). The molecule has 10 heteroatoms. The van der Waals surface area contributed by atoms with Crippen LogP contribution in [0.4, 0.5) is 18.9 Å². The Morgan fingerprint density at radius 2 is 1.75 bits per heavy atom. The standard InChI is InChI=1S/C22H18F3N3O4/c1-13-10-19(28-20(26-13)14-6-8-16(9-7-14)22(23,24)25)32-12-18(29)27-17-5-3-4-15(11-17)21(30)31-2/h3-11H,12H2,1-2H3,(H,27,29). The van der Waals surface area contributed by atoms with Gasteiger partial charge in [-0.15, -0.1) is 0 Å². The van der Waals surface area contributed by atoms with Crippen LogP contribution in [0.3, 0.4) is 0 Å². The van der Waals surface area contributed by atoms with Gasteiger partial charge in [0.25, 0.3) is 5.91 Å². The number of carbonyl (C=O) groups excluding carboxylic acids is 2. The highest BCUT2D eigenvalue weighted by Crippen LogP contribution is 2.30. The molecule has 0 unspecified atom stereocenters. The summed E-state index contributed by atoms with van der Waals surface area (Å²) in [6.07, 6.45) is -4.44. The molecule has 2 aromatic carbocycles. The summed E-state index contributed by atoms with van der Waals surface area (Å²) in [5.74, 6) is -0.783. The first-order valence-corrected chi connectivity index (χ1v) is 9.30. The van der Waals surface area contributed by atoms with Gasteiger partial charge in [-0.1, -0.05) is 18.2 Å². The molecule has 0 spiro atoms. The number of aryl methyl sites for hydroxylation is 1. The lowest BCUT2D eigenvalue weighted by molar-refractivity contribution is -0.137. The predicted molar refractivity (Wildman–Crippen MR) is 109 cm³/mol. The number of anilines is 1. The van der Waals surface area contributed by atoms with Crippen LogP contribution in [0.25, 0.3) is 11.4 Å². The zero-order valence-corrected chi connectivity index (χ0v) is 17.1. The third-order valence-electron chi connectivity index (χ3n) is 4.22. The molecule has 0 bridgehead atoms. The van der Waals surface area contributed by atoms with Gasteiger partial charge in [0.2, 0.25) is 5.88 Å². The van der Waals surface area contributed by atoms with Crippen molar-refractivity contribution in [1.82, 2.24) is 9.97 Å². The number of ether oxygens (including phenoxy) is 2. The zero-order valence-electron chi connectivity index (χ0n) is 17.1. The Bertz CT molecular complexity index is 1130. The Hall–Kier alpha value is -3.95. The Morgan fingerprint density at radius 3 is 2.41 bits per heavy atom. The van der Waals surface area contributed by atoms with Gasteiger partial charge >= 0.3 is 12.1 Å². The number of hydrogen-bond acceptors (Lipinski definition) is 6. The van der Waals surface area contributed by atoms with Crippen LogP contribution in [-0.2, 0) is 15.7 Å². The zero-order chi connectivity index (χ0) is 23.3. The number of benzene rings is 2. The van der Waals surface area contributed by atoms with Gasteiger partial charge < -0.3 is 14.8 Å². The third kappa shape index (κ3) is 5.81. The lowest BCUT2D eigenvalue weighted by Crippen LogP contribution is -2.21. The van der Waals surface area contributed by atoms with Gasteiger partial charge in [-0.2, -0.15) is 18.2 Å². The smallest absolute Gasteiger partial charge is 0.416 e. The average Bonchev–Trinajstić information content (AvgIpc) is 2.76. The van der Waals surface area contributed by atoms with Crippen molar-refractivity contribution in [3.63, 3.8) is 0 Å². The number of hydrogen-bond donors (Lipinski definition) is 1. The number of halogens is 3. The highest BCUT2D eigenvalue weighted by atomic mass is 19.4. The number of rotatable bonds is 6. The number of nitrogens with one attached hydrogen (secondary N) is 1. The first-order valence-electron chi connectivity index (χ1n) is 9.30. The summed E-state index contributed by atoms with van der Waals surface area (Å²) >= 11 is 0. The molecule has 0 aliphatic rings. The quantitative estimate of drug-likeness (QED) is 0.570. The second-order valence-corrected chi connectivity index (χ2v) is 6.66. The minimum Gasteiger partial charge on any atom is -0.467 e. The maximum atomic E-state index is 12.8. The van der Waals surface area contributed by atoms with Crippen LogP contribution in [0, 0.1) is 6.92 Å². The Morgan fingerprint density at radius 1 is 1.03 bits per heavy atom. The SMILES string of the molecule is COC(=O)c1cccc(NC(=O)COc2cc(C)nc(-c3ccc(C(F)(F)F)cc3)n2)c1. The van der Waals surface area contributed by atoms with Crippen molar-refractivity contribution in [2.45, 2.75) is 13.1 Å². The molecule has 32 heavy (non-hydrogen) atoms. The Balaban J connectivity index is 1.67. The Kier molecular flexibility index (Phi) is 6.72. The van der Waals surface area contributed by atoms with E-state index in [1.807, 2.05) is 0 Å². The fraction of sp³-hybridized carbons (Fsp3) is 0.182. The molecule has 7 nitrogen and oxygen atoms in total. The molecular formula is C22H18F3N3O4. The summed E-state index contributed by atoms with van der Waals surface area (Å²) in [7, 11) is 1.25. The summed E-state index contributed by atoms with van der Waals surface area (Å²) in [4.78, 5) is 32.2. The van der Waals surface area contributed by atoms with Crippen molar-refractivity contribution in [3.8, 4) is 17.3 Å².